The Labute approximate surface area is 99.3 Å². The highest BCUT2D eigenvalue weighted by Gasteiger charge is 2.08. The number of nitrogens with one attached hydrogen (secondary N) is 1. The van der Waals surface area contributed by atoms with Crippen molar-refractivity contribution in [2.24, 2.45) is 0 Å². The third-order valence-electron chi connectivity index (χ3n) is 2.93. The molecule has 1 aromatic rings. The molecule has 0 fully saturated rings. The normalized spacial score (nSPS) is 12.7. The number of rotatable bonds is 8. The summed E-state index contributed by atoms with van der Waals surface area (Å²) in [5, 5.41) is 3.40. The van der Waals surface area contributed by atoms with Crippen molar-refractivity contribution in [2.75, 3.05) is 11.9 Å². The molecule has 0 aromatic carbocycles. The van der Waals surface area contributed by atoms with Crippen LogP contribution in [0.5, 0.6) is 0 Å². The average molecular weight is 223 g/mol. The lowest BCUT2D eigenvalue weighted by Gasteiger charge is -2.16. The largest absolute Gasteiger partial charge is 0.356 e. The number of hydrogen-bond donors (Lipinski definition) is 1. The van der Waals surface area contributed by atoms with Crippen LogP contribution in [0.2, 0.25) is 0 Å². The summed E-state index contributed by atoms with van der Waals surface area (Å²) in [6.07, 6.45) is 10.2. The Morgan fingerprint density at radius 3 is 2.75 bits per heavy atom. The molecule has 0 amide bonds. The van der Waals surface area contributed by atoms with E-state index in [1.165, 1.54) is 32.1 Å². The van der Waals surface area contributed by atoms with Crippen LogP contribution in [0.1, 0.15) is 58.9 Å². The molecule has 1 aromatic heterocycles. The van der Waals surface area contributed by atoms with E-state index in [1.54, 1.807) is 0 Å². The van der Waals surface area contributed by atoms with Gasteiger partial charge in [-0.3, -0.25) is 0 Å². The van der Waals surface area contributed by atoms with E-state index in [2.05, 4.69) is 41.8 Å². The molecule has 16 heavy (non-hydrogen) atoms. The molecule has 0 aliphatic heterocycles. The van der Waals surface area contributed by atoms with Crippen molar-refractivity contribution >= 4 is 5.95 Å². The molecule has 0 saturated heterocycles. The lowest BCUT2D eigenvalue weighted by Crippen LogP contribution is -2.11. The van der Waals surface area contributed by atoms with Crippen molar-refractivity contribution in [2.45, 2.75) is 58.9 Å². The molecular weight excluding hydrogens is 198 g/mol. The van der Waals surface area contributed by atoms with E-state index in [9.17, 15) is 0 Å². The molecule has 92 valence electrons. The molecule has 1 heterocycles. The predicted molar refractivity (Wildman–Crippen MR) is 69.9 cm³/mol. The van der Waals surface area contributed by atoms with Crippen LogP contribution in [-0.4, -0.2) is 16.1 Å². The van der Waals surface area contributed by atoms with E-state index < -0.39 is 0 Å². The minimum absolute atomic E-state index is 0.548. The predicted octanol–water partition coefficient (Wildman–Crippen LogP) is 3.85. The summed E-state index contributed by atoms with van der Waals surface area (Å²) >= 11 is 0. The van der Waals surface area contributed by atoms with Gasteiger partial charge in [-0.1, -0.05) is 33.1 Å². The van der Waals surface area contributed by atoms with Gasteiger partial charge in [0.05, 0.1) is 0 Å². The fourth-order valence-electron chi connectivity index (χ4n) is 1.82. The minimum atomic E-state index is 0.548. The fourth-order valence-corrected chi connectivity index (χ4v) is 1.82. The number of anilines is 1. The molecule has 0 radical (unpaired) electrons. The summed E-state index contributed by atoms with van der Waals surface area (Å²) in [5.41, 5.74) is 0. The van der Waals surface area contributed by atoms with E-state index in [-0.39, 0.29) is 0 Å². The highest BCUT2D eigenvalue weighted by Crippen LogP contribution is 2.18. The Morgan fingerprint density at radius 2 is 2.06 bits per heavy atom. The summed E-state index contributed by atoms with van der Waals surface area (Å²) in [5.74, 6) is 1.03. The molecule has 3 heteroatoms. The number of unbranched alkanes of at least 4 members (excludes halogenated alkanes) is 2. The van der Waals surface area contributed by atoms with Gasteiger partial charge in [0.15, 0.2) is 0 Å². The zero-order chi connectivity index (χ0) is 11.8. The Hall–Kier alpha value is -0.990. The first-order chi connectivity index (χ1) is 7.79. The van der Waals surface area contributed by atoms with Gasteiger partial charge in [-0.2, -0.15) is 0 Å². The van der Waals surface area contributed by atoms with Crippen LogP contribution >= 0.6 is 0 Å². The first-order valence-corrected chi connectivity index (χ1v) is 6.56. The van der Waals surface area contributed by atoms with Crippen LogP contribution in [0.3, 0.4) is 0 Å². The van der Waals surface area contributed by atoms with E-state index in [0.29, 0.717) is 6.04 Å². The first-order valence-electron chi connectivity index (χ1n) is 6.56. The second-order valence-corrected chi connectivity index (χ2v) is 4.43. The standard InChI is InChI=1S/C13H25N3/c1-4-6-8-12(3)16-11-10-15-13(16)14-9-7-5-2/h10-12H,4-9H2,1-3H3,(H,14,15). The second kappa shape index (κ2) is 7.31. The molecule has 0 saturated carbocycles. The average Bonchev–Trinajstić information content (AvgIpc) is 2.74. The molecule has 1 unspecified atom stereocenters. The molecule has 0 bridgehead atoms. The van der Waals surface area contributed by atoms with E-state index in [0.717, 1.165) is 12.5 Å². The number of hydrogen-bond acceptors (Lipinski definition) is 2. The number of nitrogens with zero attached hydrogens (tertiary/aromatic N) is 2. The van der Waals surface area contributed by atoms with Gasteiger partial charge >= 0.3 is 0 Å². The maximum absolute atomic E-state index is 4.37. The highest BCUT2D eigenvalue weighted by atomic mass is 15.2. The number of imidazole rings is 1. The molecule has 1 atom stereocenters. The van der Waals surface area contributed by atoms with Crippen LogP contribution in [0.4, 0.5) is 5.95 Å². The van der Waals surface area contributed by atoms with E-state index in [4.69, 9.17) is 0 Å². The molecule has 0 spiro atoms. The topological polar surface area (TPSA) is 29.9 Å². The molecule has 3 nitrogen and oxygen atoms in total. The minimum Gasteiger partial charge on any atom is -0.356 e. The summed E-state index contributed by atoms with van der Waals surface area (Å²) in [7, 11) is 0. The van der Waals surface area contributed by atoms with Gasteiger partial charge in [-0.15, -0.1) is 0 Å². The zero-order valence-corrected chi connectivity index (χ0v) is 10.9. The molecule has 0 aliphatic rings. The Kier molecular flexibility index (Phi) is 5.98. The zero-order valence-electron chi connectivity index (χ0n) is 10.9. The van der Waals surface area contributed by atoms with Crippen LogP contribution in [0.25, 0.3) is 0 Å². The van der Waals surface area contributed by atoms with Crippen molar-refractivity contribution in [1.82, 2.24) is 9.55 Å². The van der Waals surface area contributed by atoms with Gasteiger partial charge in [-0.25, -0.2) is 4.98 Å². The summed E-state index contributed by atoms with van der Waals surface area (Å²) < 4.78 is 2.26. The highest BCUT2D eigenvalue weighted by molar-refractivity contribution is 5.26. The monoisotopic (exact) mass is 223 g/mol. The van der Waals surface area contributed by atoms with E-state index >= 15 is 0 Å². The SMILES string of the molecule is CCCCNc1nccn1C(C)CCCC. The molecule has 1 N–H and O–H groups in total. The summed E-state index contributed by atoms with van der Waals surface area (Å²) in [4.78, 5) is 4.37. The summed E-state index contributed by atoms with van der Waals surface area (Å²) in [6.45, 7) is 7.73. The van der Waals surface area contributed by atoms with Crippen LogP contribution in [0, 0.1) is 0 Å². The molecular formula is C13H25N3. The third kappa shape index (κ3) is 3.87. The van der Waals surface area contributed by atoms with Gasteiger partial charge < -0.3 is 9.88 Å². The lowest BCUT2D eigenvalue weighted by atomic mass is 10.1. The Bertz CT molecular complexity index is 280. The third-order valence-corrected chi connectivity index (χ3v) is 2.93. The van der Waals surface area contributed by atoms with Gasteiger partial charge in [0.1, 0.15) is 0 Å². The summed E-state index contributed by atoms with van der Waals surface area (Å²) in [6, 6.07) is 0.548. The quantitative estimate of drug-likeness (QED) is 0.678. The van der Waals surface area contributed by atoms with Crippen molar-refractivity contribution in [3.63, 3.8) is 0 Å². The van der Waals surface area contributed by atoms with Crippen molar-refractivity contribution in [3.8, 4) is 0 Å². The molecule has 0 aliphatic carbocycles. The number of aromatic nitrogens is 2. The van der Waals surface area contributed by atoms with Crippen LogP contribution in [-0.2, 0) is 0 Å². The van der Waals surface area contributed by atoms with Gasteiger partial charge in [0.25, 0.3) is 0 Å². The maximum atomic E-state index is 4.37. The van der Waals surface area contributed by atoms with Gasteiger partial charge in [-0.05, 0) is 19.8 Å². The first kappa shape index (κ1) is 13.1. The van der Waals surface area contributed by atoms with E-state index in [1.807, 2.05) is 6.20 Å². The van der Waals surface area contributed by atoms with Crippen LogP contribution < -0.4 is 5.32 Å². The van der Waals surface area contributed by atoms with Crippen LogP contribution in [0.15, 0.2) is 12.4 Å². The Balaban J connectivity index is 2.48. The van der Waals surface area contributed by atoms with Gasteiger partial charge in [0.2, 0.25) is 5.95 Å². The lowest BCUT2D eigenvalue weighted by molar-refractivity contribution is 0.489. The second-order valence-electron chi connectivity index (χ2n) is 4.43. The van der Waals surface area contributed by atoms with Crippen molar-refractivity contribution < 1.29 is 0 Å². The smallest absolute Gasteiger partial charge is 0.203 e. The molecule has 1 rings (SSSR count). The fraction of sp³-hybridized carbons (Fsp3) is 0.769. The maximum Gasteiger partial charge on any atom is 0.203 e. The van der Waals surface area contributed by atoms with Gasteiger partial charge in [0, 0.05) is 25.0 Å². The van der Waals surface area contributed by atoms with Crippen molar-refractivity contribution in [1.29, 1.82) is 0 Å². The van der Waals surface area contributed by atoms with Crippen molar-refractivity contribution in [3.05, 3.63) is 12.4 Å². The Morgan fingerprint density at radius 1 is 1.31 bits per heavy atom.